The number of rotatable bonds is 4. The Morgan fingerprint density at radius 1 is 1.44 bits per heavy atom. The molecule has 1 N–H and O–H groups in total. The summed E-state index contributed by atoms with van der Waals surface area (Å²) in [5, 5.41) is 2.95. The van der Waals surface area contributed by atoms with Crippen molar-refractivity contribution >= 4 is 11.7 Å². The number of hydrogen-bond donors (Lipinski definition) is 1. The smallest absolute Gasteiger partial charge is 0.255 e. The first-order valence-corrected chi connectivity index (χ1v) is 6.60. The Hall–Kier alpha value is -1.58. The monoisotopic (exact) mass is 247 g/mol. The Morgan fingerprint density at radius 3 is 2.72 bits per heavy atom. The molecule has 0 radical (unpaired) electrons. The van der Waals surface area contributed by atoms with Crippen LogP contribution in [0.15, 0.2) is 18.3 Å². The van der Waals surface area contributed by atoms with E-state index >= 15 is 0 Å². The molecule has 1 aliphatic rings. The average Bonchev–Trinajstić information content (AvgIpc) is 2.91. The summed E-state index contributed by atoms with van der Waals surface area (Å²) in [5.74, 6) is 1.53. The lowest BCUT2D eigenvalue weighted by Crippen LogP contribution is -2.31. The minimum absolute atomic E-state index is 0.0667. The molecular formula is C14H21N3O. The van der Waals surface area contributed by atoms with Gasteiger partial charge in [-0.3, -0.25) is 4.79 Å². The van der Waals surface area contributed by atoms with E-state index in [2.05, 4.69) is 10.3 Å². The second-order valence-corrected chi connectivity index (χ2v) is 5.02. The van der Waals surface area contributed by atoms with Gasteiger partial charge >= 0.3 is 0 Å². The molecule has 0 saturated heterocycles. The molecule has 1 fully saturated rings. The van der Waals surface area contributed by atoms with Crippen LogP contribution in [0.25, 0.3) is 0 Å². The van der Waals surface area contributed by atoms with E-state index in [9.17, 15) is 4.79 Å². The van der Waals surface area contributed by atoms with Gasteiger partial charge in [0.25, 0.3) is 5.91 Å². The standard InChI is InChI=1S/C14H21N3O/c1-15-13-8-7-12(9-16-13)14(18)17(2)10-11-5-3-4-6-11/h7-9,11H,3-6,10H2,1-2H3,(H,15,16). The van der Waals surface area contributed by atoms with E-state index in [1.165, 1.54) is 25.7 Å². The molecule has 0 unspecified atom stereocenters. The SMILES string of the molecule is CNc1ccc(C(=O)N(C)CC2CCCC2)cn1. The summed E-state index contributed by atoms with van der Waals surface area (Å²) in [4.78, 5) is 18.2. The van der Waals surface area contributed by atoms with Gasteiger partial charge in [-0.1, -0.05) is 12.8 Å². The van der Waals surface area contributed by atoms with E-state index in [0.717, 1.165) is 12.4 Å². The summed E-state index contributed by atoms with van der Waals surface area (Å²) >= 11 is 0. The quantitative estimate of drug-likeness (QED) is 0.888. The molecule has 1 aromatic heterocycles. The van der Waals surface area contributed by atoms with Gasteiger partial charge in [-0.2, -0.15) is 0 Å². The number of hydrogen-bond acceptors (Lipinski definition) is 3. The van der Waals surface area contributed by atoms with Crippen LogP contribution in [-0.4, -0.2) is 36.4 Å². The van der Waals surface area contributed by atoms with Crippen molar-refractivity contribution in [2.75, 3.05) is 26.0 Å². The van der Waals surface area contributed by atoms with Crippen LogP contribution in [-0.2, 0) is 0 Å². The normalized spacial score (nSPS) is 15.7. The second-order valence-electron chi connectivity index (χ2n) is 5.02. The Bertz CT molecular complexity index is 396. The summed E-state index contributed by atoms with van der Waals surface area (Å²) in [6, 6.07) is 3.66. The maximum Gasteiger partial charge on any atom is 0.255 e. The Balaban J connectivity index is 1.95. The summed E-state index contributed by atoms with van der Waals surface area (Å²) < 4.78 is 0. The van der Waals surface area contributed by atoms with Crippen molar-refractivity contribution < 1.29 is 4.79 Å². The van der Waals surface area contributed by atoms with Crippen LogP contribution < -0.4 is 5.32 Å². The van der Waals surface area contributed by atoms with E-state index in [0.29, 0.717) is 11.5 Å². The zero-order chi connectivity index (χ0) is 13.0. The van der Waals surface area contributed by atoms with E-state index < -0.39 is 0 Å². The first-order chi connectivity index (χ1) is 8.70. The lowest BCUT2D eigenvalue weighted by Gasteiger charge is -2.21. The summed E-state index contributed by atoms with van der Waals surface area (Å²) in [6.07, 6.45) is 6.78. The zero-order valence-corrected chi connectivity index (χ0v) is 11.1. The minimum Gasteiger partial charge on any atom is -0.373 e. The largest absolute Gasteiger partial charge is 0.373 e. The summed E-state index contributed by atoms with van der Waals surface area (Å²) in [5.41, 5.74) is 0.662. The van der Waals surface area contributed by atoms with Crippen molar-refractivity contribution in [2.45, 2.75) is 25.7 Å². The predicted octanol–water partition coefficient (Wildman–Crippen LogP) is 2.39. The van der Waals surface area contributed by atoms with Gasteiger partial charge in [0, 0.05) is 26.8 Å². The number of carbonyl (C=O) groups excluding carboxylic acids is 1. The van der Waals surface area contributed by atoms with Gasteiger partial charge in [0.1, 0.15) is 5.82 Å². The molecule has 1 heterocycles. The molecule has 0 atom stereocenters. The highest BCUT2D eigenvalue weighted by atomic mass is 16.2. The molecule has 0 bridgehead atoms. The Morgan fingerprint density at radius 2 is 2.17 bits per heavy atom. The van der Waals surface area contributed by atoms with Crippen molar-refractivity contribution in [3.8, 4) is 0 Å². The number of carbonyl (C=O) groups is 1. The molecule has 1 aliphatic carbocycles. The third kappa shape index (κ3) is 3.00. The van der Waals surface area contributed by atoms with Crippen LogP contribution in [0, 0.1) is 5.92 Å². The molecule has 4 heteroatoms. The summed E-state index contributed by atoms with van der Waals surface area (Å²) in [7, 11) is 3.70. The van der Waals surface area contributed by atoms with E-state index in [1.54, 1.807) is 6.20 Å². The van der Waals surface area contributed by atoms with Crippen molar-refractivity contribution in [3.05, 3.63) is 23.9 Å². The number of pyridine rings is 1. The van der Waals surface area contributed by atoms with Crippen molar-refractivity contribution in [2.24, 2.45) is 5.92 Å². The van der Waals surface area contributed by atoms with Gasteiger partial charge in [-0.25, -0.2) is 4.98 Å². The Kier molecular flexibility index (Phi) is 4.18. The third-order valence-corrected chi connectivity index (χ3v) is 3.62. The fourth-order valence-electron chi connectivity index (χ4n) is 2.55. The molecule has 4 nitrogen and oxygen atoms in total. The number of amides is 1. The molecule has 0 spiro atoms. The molecule has 18 heavy (non-hydrogen) atoms. The van der Waals surface area contributed by atoms with Gasteiger partial charge < -0.3 is 10.2 Å². The summed E-state index contributed by atoms with van der Waals surface area (Å²) in [6.45, 7) is 0.868. The highest BCUT2D eigenvalue weighted by Gasteiger charge is 2.20. The number of anilines is 1. The molecule has 98 valence electrons. The molecule has 1 amide bonds. The molecule has 1 aromatic rings. The fraction of sp³-hybridized carbons (Fsp3) is 0.571. The van der Waals surface area contributed by atoms with Crippen LogP contribution in [0.3, 0.4) is 0 Å². The minimum atomic E-state index is 0.0667. The van der Waals surface area contributed by atoms with Crippen LogP contribution in [0.1, 0.15) is 36.0 Å². The number of aromatic nitrogens is 1. The van der Waals surface area contributed by atoms with Gasteiger partial charge in [0.05, 0.1) is 5.56 Å². The molecule has 1 saturated carbocycles. The number of nitrogens with zero attached hydrogens (tertiary/aromatic N) is 2. The van der Waals surface area contributed by atoms with Gasteiger partial charge in [-0.15, -0.1) is 0 Å². The van der Waals surface area contributed by atoms with Crippen molar-refractivity contribution in [1.82, 2.24) is 9.88 Å². The average molecular weight is 247 g/mol. The predicted molar refractivity (Wildman–Crippen MR) is 72.7 cm³/mol. The zero-order valence-electron chi connectivity index (χ0n) is 11.1. The van der Waals surface area contributed by atoms with Crippen LogP contribution in [0.2, 0.25) is 0 Å². The maximum atomic E-state index is 12.2. The molecular weight excluding hydrogens is 226 g/mol. The molecule has 2 rings (SSSR count). The van der Waals surface area contributed by atoms with E-state index in [-0.39, 0.29) is 5.91 Å². The van der Waals surface area contributed by atoms with Crippen molar-refractivity contribution in [3.63, 3.8) is 0 Å². The van der Waals surface area contributed by atoms with Gasteiger partial charge in [0.15, 0.2) is 0 Å². The van der Waals surface area contributed by atoms with Crippen LogP contribution in [0.4, 0.5) is 5.82 Å². The molecule has 0 aromatic carbocycles. The highest BCUT2D eigenvalue weighted by Crippen LogP contribution is 2.25. The van der Waals surface area contributed by atoms with E-state index in [4.69, 9.17) is 0 Å². The lowest BCUT2D eigenvalue weighted by molar-refractivity contribution is 0.0773. The highest BCUT2D eigenvalue weighted by molar-refractivity contribution is 5.93. The first kappa shape index (κ1) is 12.9. The van der Waals surface area contributed by atoms with E-state index in [1.807, 2.05) is 31.1 Å². The number of nitrogens with one attached hydrogen (secondary N) is 1. The Labute approximate surface area is 108 Å². The third-order valence-electron chi connectivity index (χ3n) is 3.62. The van der Waals surface area contributed by atoms with Gasteiger partial charge in [0.2, 0.25) is 0 Å². The van der Waals surface area contributed by atoms with Gasteiger partial charge in [-0.05, 0) is 30.9 Å². The lowest BCUT2D eigenvalue weighted by atomic mass is 10.1. The molecule has 0 aliphatic heterocycles. The maximum absolute atomic E-state index is 12.2. The second kappa shape index (κ2) is 5.85. The first-order valence-electron chi connectivity index (χ1n) is 6.60. The van der Waals surface area contributed by atoms with Crippen LogP contribution >= 0.6 is 0 Å². The topological polar surface area (TPSA) is 45.2 Å². The van der Waals surface area contributed by atoms with Crippen LogP contribution in [0.5, 0.6) is 0 Å². The fourth-order valence-corrected chi connectivity index (χ4v) is 2.55. The van der Waals surface area contributed by atoms with Crippen molar-refractivity contribution in [1.29, 1.82) is 0 Å².